The first-order valence-electron chi connectivity index (χ1n) is 12.6. The van der Waals surface area contributed by atoms with E-state index in [1.165, 1.54) is 28.9 Å². The molecule has 4 atom stereocenters. The van der Waals surface area contributed by atoms with Crippen molar-refractivity contribution in [2.45, 2.75) is 32.0 Å². The SMILES string of the molecule is C[C@@H]1C[C@@H]2C(c3ccccc3)=CC=C[C@@H]2C1[Si](C)(C)N1c2ccccc2[N-]c2ccccc21.[CH3-].[Cl][Ti][Cl]. The predicted molar refractivity (Wildman–Crippen MR) is 161 cm³/mol. The van der Waals surface area contributed by atoms with Gasteiger partial charge in [-0.15, -0.1) is 11.4 Å². The second-order valence-electron chi connectivity index (χ2n) is 10.4. The molecule has 1 aliphatic heterocycles. The number of nitrogens with zero attached hydrogens (tertiary/aromatic N) is 2. The van der Waals surface area contributed by atoms with Crippen LogP contribution >= 0.6 is 18.6 Å². The van der Waals surface area contributed by atoms with Crippen LogP contribution in [0.15, 0.2) is 97.1 Å². The van der Waals surface area contributed by atoms with Crippen LogP contribution in [0, 0.1) is 25.2 Å². The molecule has 0 saturated heterocycles. The first-order chi connectivity index (χ1) is 17.5. The number of hydrogen-bond acceptors (Lipinski definition) is 1. The number of benzene rings is 3. The van der Waals surface area contributed by atoms with Crippen molar-refractivity contribution >= 4 is 55.2 Å². The molecular weight excluding hydrogens is 547 g/mol. The molecule has 6 heteroatoms. The van der Waals surface area contributed by atoms with Gasteiger partial charge in [0.05, 0.1) is 0 Å². The Morgan fingerprint density at radius 2 is 1.41 bits per heavy atom. The number of para-hydroxylation sites is 4. The summed E-state index contributed by atoms with van der Waals surface area (Å²) in [5.41, 5.74) is 8.33. The maximum absolute atomic E-state index is 5.01. The van der Waals surface area contributed by atoms with Crippen molar-refractivity contribution in [2.24, 2.45) is 17.8 Å². The summed E-state index contributed by atoms with van der Waals surface area (Å²) in [6.07, 6.45) is 8.47. The van der Waals surface area contributed by atoms with Gasteiger partial charge in [-0.1, -0.05) is 105 Å². The van der Waals surface area contributed by atoms with E-state index in [0.717, 1.165) is 11.4 Å². The number of fused-ring (bicyclic) bond motifs is 3. The van der Waals surface area contributed by atoms with Crippen molar-refractivity contribution in [2.75, 3.05) is 4.57 Å². The molecule has 0 radical (unpaired) electrons. The van der Waals surface area contributed by atoms with Gasteiger partial charge in [0.2, 0.25) is 0 Å². The van der Waals surface area contributed by atoms with E-state index in [2.05, 4.69) is 122 Å². The van der Waals surface area contributed by atoms with Gasteiger partial charge >= 0.3 is 35.6 Å². The molecule has 3 aliphatic rings. The molecule has 0 amide bonds. The number of hydrogen-bond donors (Lipinski definition) is 0. The van der Waals surface area contributed by atoms with Gasteiger partial charge in [-0.2, -0.15) is 0 Å². The molecule has 2 nitrogen and oxygen atoms in total. The molecule has 0 spiro atoms. The van der Waals surface area contributed by atoms with Crippen LogP contribution < -0.4 is 4.57 Å². The average molecular weight is 581 g/mol. The Bertz CT molecular complexity index is 1230. The molecule has 0 N–H and O–H groups in total. The second-order valence-corrected chi connectivity index (χ2v) is 17.4. The third-order valence-electron chi connectivity index (χ3n) is 8.11. The standard InChI is InChI=1S/C30H31N2Si.CH3.2ClH.Ti/c1-21-20-25-23(22-12-5-4-6-13-22)14-11-15-24(25)30(21)33(2,3)32-28-18-9-7-16-26(28)31-27-17-8-10-19-29(27)32;;;;/h4-19,21,24-25,30H,20H2,1-3H3;1H3;2*1H;/q2*-1;;;+2/p-2/t21-,24+,25-,30?;;;;/m1..../s1. The van der Waals surface area contributed by atoms with E-state index in [-0.39, 0.29) is 7.43 Å². The van der Waals surface area contributed by atoms with Gasteiger partial charge in [-0.25, -0.2) is 0 Å². The minimum absolute atomic E-state index is 0. The molecule has 192 valence electrons. The first-order valence-corrected chi connectivity index (χ1v) is 19.9. The molecular formula is C31H34Cl2N2SiTi-2. The Hall–Kier alpha value is -1.75. The monoisotopic (exact) mass is 580 g/mol. The summed E-state index contributed by atoms with van der Waals surface area (Å²) >= 11 is -0.556. The van der Waals surface area contributed by atoms with Crippen molar-refractivity contribution in [1.82, 2.24) is 0 Å². The third-order valence-corrected chi connectivity index (χ3v) is 12.3. The average Bonchev–Trinajstić information content (AvgIpc) is 3.24. The summed E-state index contributed by atoms with van der Waals surface area (Å²) in [5.74, 6) is 1.86. The summed E-state index contributed by atoms with van der Waals surface area (Å²) in [4.78, 5) is 0. The van der Waals surface area contributed by atoms with Crippen LogP contribution in [0.4, 0.5) is 22.7 Å². The van der Waals surface area contributed by atoms with E-state index in [9.17, 15) is 0 Å². The van der Waals surface area contributed by atoms with Gasteiger partial charge in [0.1, 0.15) is 0 Å². The van der Waals surface area contributed by atoms with Gasteiger partial charge in [-0.05, 0) is 53.0 Å². The summed E-state index contributed by atoms with van der Waals surface area (Å²) in [5, 5.41) is 5.01. The Morgan fingerprint density at radius 1 is 0.865 bits per heavy atom. The van der Waals surface area contributed by atoms with Gasteiger partial charge in [-0.3, -0.25) is 0 Å². The maximum atomic E-state index is 5.01. The van der Waals surface area contributed by atoms with Crippen LogP contribution in [0.2, 0.25) is 18.6 Å². The van der Waals surface area contributed by atoms with Crippen LogP contribution in [0.25, 0.3) is 10.9 Å². The Kier molecular flexibility index (Phi) is 9.14. The molecule has 0 bridgehead atoms. The minimum atomic E-state index is -1.98. The topological polar surface area (TPSA) is 17.3 Å². The molecule has 1 fully saturated rings. The Balaban J connectivity index is 0.000000765. The summed E-state index contributed by atoms with van der Waals surface area (Å²) in [6, 6.07) is 28.4. The molecule has 1 heterocycles. The predicted octanol–water partition coefficient (Wildman–Crippen LogP) is 10.8. The van der Waals surface area contributed by atoms with Crippen LogP contribution in [0.1, 0.15) is 18.9 Å². The zero-order chi connectivity index (χ0) is 25.3. The van der Waals surface area contributed by atoms with Gasteiger partial charge < -0.3 is 17.3 Å². The van der Waals surface area contributed by atoms with E-state index in [1.807, 2.05) is 0 Å². The third kappa shape index (κ3) is 5.27. The van der Waals surface area contributed by atoms with Crippen molar-refractivity contribution in [3.05, 3.63) is 115 Å². The normalized spacial score (nSPS) is 23.2. The summed E-state index contributed by atoms with van der Waals surface area (Å²) in [7, 11) is 7.80. The zero-order valence-electron chi connectivity index (χ0n) is 21.9. The van der Waals surface area contributed by atoms with Crippen molar-refractivity contribution in [3.63, 3.8) is 0 Å². The molecule has 6 rings (SSSR count). The number of halogens is 2. The molecule has 1 saturated carbocycles. The van der Waals surface area contributed by atoms with E-state index in [0.29, 0.717) is 23.3 Å². The Morgan fingerprint density at radius 3 is 2.00 bits per heavy atom. The molecule has 3 aromatic carbocycles. The molecule has 3 aromatic rings. The fraction of sp³-hybridized carbons (Fsp3) is 0.258. The molecule has 1 unspecified atom stereocenters. The molecule has 0 aromatic heterocycles. The number of allylic oxidation sites excluding steroid dienone is 4. The second kappa shape index (κ2) is 12.0. The van der Waals surface area contributed by atoms with E-state index in [4.69, 9.17) is 23.9 Å². The van der Waals surface area contributed by atoms with Crippen molar-refractivity contribution in [1.29, 1.82) is 0 Å². The Labute approximate surface area is 240 Å². The first kappa shape index (κ1) is 28.3. The van der Waals surface area contributed by atoms with E-state index < -0.39 is 25.3 Å². The van der Waals surface area contributed by atoms with Crippen molar-refractivity contribution in [3.8, 4) is 0 Å². The quantitative estimate of drug-likeness (QED) is 0.222. The van der Waals surface area contributed by atoms with Crippen LogP contribution in [0.5, 0.6) is 0 Å². The fourth-order valence-corrected chi connectivity index (χ4v) is 11.7. The zero-order valence-corrected chi connectivity index (χ0v) is 26.0. The van der Waals surface area contributed by atoms with Gasteiger partial charge in [0, 0.05) is 11.4 Å². The molecule has 37 heavy (non-hydrogen) atoms. The van der Waals surface area contributed by atoms with Crippen LogP contribution in [-0.4, -0.2) is 8.24 Å². The number of rotatable bonds is 3. The summed E-state index contributed by atoms with van der Waals surface area (Å²) < 4.78 is 2.72. The fourth-order valence-electron chi connectivity index (χ4n) is 6.97. The van der Waals surface area contributed by atoms with Crippen molar-refractivity contribution < 1.29 is 17.0 Å². The van der Waals surface area contributed by atoms with Crippen LogP contribution in [-0.2, 0) is 17.0 Å². The van der Waals surface area contributed by atoms with Crippen LogP contribution in [0.3, 0.4) is 0 Å². The van der Waals surface area contributed by atoms with E-state index >= 15 is 0 Å². The number of anilines is 2. The van der Waals surface area contributed by atoms with Gasteiger partial charge in [0.25, 0.3) is 0 Å². The molecule has 2 aliphatic carbocycles. The van der Waals surface area contributed by atoms with E-state index in [1.54, 1.807) is 0 Å². The van der Waals surface area contributed by atoms with Gasteiger partial charge in [0.15, 0.2) is 8.24 Å². The summed E-state index contributed by atoms with van der Waals surface area (Å²) in [6.45, 7) is 7.67.